The molecule has 0 atom stereocenters. The van der Waals surface area contributed by atoms with E-state index in [-0.39, 0.29) is 0 Å². The molecular formula is C17H24BrNOSi. The lowest BCUT2D eigenvalue weighted by Gasteiger charge is -2.16. The highest BCUT2D eigenvalue weighted by Gasteiger charge is 2.22. The first-order chi connectivity index (χ1) is 9.97. The van der Waals surface area contributed by atoms with Crippen LogP contribution in [0.3, 0.4) is 0 Å². The van der Waals surface area contributed by atoms with Gasteiger partial charge in [0.05, 0.1) is 5.52 Å². The standard InChI is InChI=1S/C17H24BrNOSi/c1-21(2,3)11-10-20-12-19-15-8-4-6-13(15)17-14(18)7-5-9-16(17)19/h5,7,9H,4,6,8,10-12H2,1-3H3. The van der Waals surface area contributed by atoms with Gasteiger partial charge in [-0.2, -0.15) is 0 Å². The minimum absolute atomic E-state index is 0.701. The summed E-state index contributed by atoms with van der Waals surface area (Å²) in [7, 11) is -1.00. The third-order valence-electron chi connectivity index (χ3n) is 4.32. The summed E-state index contributed by atoms with van der Waals surface area (Å²) in [6.07, 6.45) is 3.67. The lowest BCUT2D eigenvalue weighted by molar-refractivity contribution is 0.0886. The second-order valence-electron chi connectivity index (χ2n) is 7.19. The predicted molar refractivity (Wildman–Crippen MR) is 95.8 cm³/mol. The highest BCUT2D eigenvalue weighted by molar-refractivity contribution is 9.10. The molecule has 0 bridgehead atoms. The first-order valence-electron chi connectivity index (χ1n) is 7.83. The van der Waals surface area contributed by atoms with Crippen molar-refractivity contribution in [1.29, 1.82) is 0 Å². The zero-order valence-electron chi connectivity index (χ0n) is 13.2. The maximum Gasteiger partial charge on any atom is 0.123 e. The Kier molecular flexibility index (Phi) is 4.30. The van der Waals surface area contributed by atoms with Crippen molar-refractivity contribution in [2.24, 2.45) is 0 Å². The zero-order chi connectivity index (χ0) is 15.0. The molecule has 0 amide bonds. The largest absolute Gasteiger partial charge is 0.361 e. The minimum atomic E-state index is -1.00. The Bertz CT molecular complexity index is 657. The van der Waals surface area contributed by atoms with Crippen molar-refractivity contribution in [3.05, 3.63) is 33.9 Å². The molecule has 1 aliphatic rings. The summed E-state index contributed by atoms with van der Waals surface area (Å²) in [4.78, 5) is 0. The fraction of sp³-hybridized carbons (Fsp3) is 0.529. The van der Waals surface area contributed by atoms with Crippen molar-refractivity contribution in [2.75, 3.05) is 6.61 Å². The molecule has 0 unspecified atom stereocenters. The van der Waals surface area contributed by atoms with Crippen LogP contribution < -0.4 is 0 Å². The Labute approximate surface area is 136 Å². The summed E-state index contributed by atoms with van der Waals surface area (Å²) in [6.45, 7) is 8.79. The second kappa shape index (κ2) is 5.90. The highest BCUT2D eigenvalue weighted by Crippen LogP contribution is 2.37. The van der Waals surface area contributed by atoms with Gasteiger partial charge in [-0.15, -0.1) is 0 Å². The molecule has 2 nitrogen and oxygen atoms in total. The number of ether oxygens (including phenoxy) is 1. The smallest absolute Gasteiger partial charge is 0.123 e. The molecule has 0 fully saturated rings. The molecule has 1 aromatic heterocycles. The van der Waals surface area contributed by atoms with Crippen molar-refractivity contribution in [1.82, 2.24) is 4.57 Å². The quantitative estimate of drug-likeness (QED) is 0.524. The van der Waals surface area contributed by atoms with Gasteiger partial charge in [-0.05, 0) is 43.0 Å². The lowest BCUT2D eigenvalue weighted by Crippen LogP contribution is -2.22. The Morgan fingerprint density at radius 2 is 2.05 bits per heavy atom. The molecule has 114 valence electrons. The van der Waals surface area contributed by atoms with Crippen LogP contribution in [0.25, 0.3) is 10.9 Å². The number of hydrogen-bond acceptors (Lipinski definition) is 1. The number of hydrogen-bond donors (Lipinski definition) is 0. The zero-order valence-corrected chi connectivity index (χ0v) is 15.8. The Morgan fingerprint density at radius 1 is 1.24 bits per heavy atom. The van der Waals surface area contributed by atoms with Gasteiger partial charge in [-0.1, -0.05) is 41.6 Å². The number of nitrogens with zero attached hydrogens (tertiary/aromatic N) is 1. The van der Waals surface area contributed by atoms with Gasteiger partial charge >= 0.3 is 0 Å². The number of benzene rings is 1. The van der Waals surface area contributed by atoms with Crippen LogP contribution in [0.4, 0.5) is 0 Å². The Morgan fingerprint density at radius 3 is 2.81 bits per heavy atom. The molecule has 21 heavy (non-hydrogen) atoms. The Balaban J connectivity index is 1.84. The van der Waals surface area contributed by atoms with E-state index < -0.39 is 8.07 Å². The van der Waals surface area contributed by atoms with Crippen LogP contribution in [0.2, 0.25) is 25.7 Å². The third-order valence-corrected chi connectivity index (χ3v) is 6.68. The fourth-order valence-corrected chi connectivity index (χ4v) is 4.51. The van der Waals surface area contributed by atoms with Crippen molar-refractivity contribution >= 4 is 34.9 Å². The van der Waals surface area contributed by atoms with Crippen LogP contribution in [0.5, 0.6) is 0 Å². The van der Waals surface area contributed by atoms with E-state index in [2.05, 4.69) is 58.3 Å². The molecule has 0 radical (unpaired) electrons. The average molecular weight is 366 g/mol. The van der Waals surface area contributed by atoms with Gasteiger partial charge in [-0.3, -0.25) is 0 Å². The Hall–Kier alpha value is -0.583. The van der Waals surface area contributed by atoms with Crippen LogP contribution in [0, 0.1) is 0 Å². The van der Waals surface area contributed by atoms with Crippen LogP contribution in [0.1, 0.15) is 17.7 Å². The number of aromatic nitrogens is 1. The minimum Gasteiger partial charge on any atom is -0.361 e. The fourth-order valence-electron chi connectivity index (χ4n) is 3.16. The van der Waals surface area contributed by atoms with Gasteiger partial charge < -0.3 is 9.30 Å². The van der Waals surface area contributed by atoms with Crippen LogP contribution in [0.15, 0.2) is 22.7 Å². The lowest BCUT2D eigenvalue weighted by atomic mass is 10.1. The summed E-state index contributed by atoms with van der Waals surface area (Å²) >= 11 is 3.72. The van der Waals surface area contributed by atoms with E-state index in [0.717, 1.165) is 6.61 Å². The summed E-state index contributed by atoms with van der Waals surface area (Å²) in [5, 5.41) is 1.40. The van der Waals surface area contributed by atoms with Crippen LogP contribution in [-0.2, 0) is 24.3 Å². The summed E-state index contributed by atoms with van der Waals surface area (Å²) in [5.41, 5.74) is 4.35. The second-order valence-corrected chi connectivity index (χ2v) is 13.7. The molecule has 0 spiro atoms. The van der Waals surface area contributed by atoms with Gasteiger partial charge in [-0.25, -0.2) is 0 Å². The molecule has 1 aliphatic carbocycles. The van der Waals surface area contributed by atoms with E-state index in [0.29, 0.717) is 6.73 Å². The maximum atomic E-state index is 6.01. The first-order valence-corrected chi connectivity index (χ1v) is 12.3. The van der Waals surface area contributed by atoms with Crippen molar-refractivity contribution < 1.29 is 4.74 Å². The molecule has 0 aliphatic heterocycles. The van der Waals surface area contributed by atoms with E-state index in [1.807, 2.05) is 0 Å². The van der Waals surface area contributed by atoms with Gasteiger partial charge in [0.1, 0.15) is 6.73 Å². The van der Waals surface area contributed by atoms with Gasteiger partial charge in [0.15, 0.2) is 0 Å². The van der Waals surface area contributed by atoms with E-state index in [1.165, 1.54) is 51.9 Å². The van der Waals surface area contributed by atoms with Gasteiger partial charge in [0.2, 0.25) is 0 Å². The summed E-state index contributed by atoms with van der Waals surface area (Å²) in [5.74, 6) is 0. The normalized spacial score (nSPS) is 14.9. The molecule has 4 heteroatoms. The number of rotatable bonds is 5. The first kappa shape index (κ1) is 15.3. The van der Waals surface area contributed by atoms with E-state index in [4.69, 9.17) is 4.74 Å². The molecular weight excluding hydrogens is 342 g/mol. The molecule has 0 N–H and O–H groups in total. The monoisotopic (exact) mass is 365 g/mol. The van der Waals surface area contributed by atoms with E-state index in [1.54, 1.807) is 0 Å². The van der Waals surface area contributed by atoms with Crippen LogP contribution in [-0.4, -0.2) is 19.2 Å². The summed E-state index contributed by atoms with van der Waals surface area (Å²) in [6, 6.07) is 7.73. The van der Waals surface area contributed by atoms with Crippen molar-refractivity contribution in [3.63, 3.8) is 0 Å². The molecule has 0 saturated carbocycles. The molecule has 2 aromatic rings. The van der Waals surface area contributed by atoms with E-state index in [9.17, 15) is 0 Å². The number of fused-ring (bicyclic) bond motifs is 3. The van der Waals surface area contributed by atoms with Crippen molar-refractivity contribution in [3.8, 4) is 0 Å². The maximum absolute atomic E-state index is 6.01. The molecule has 1 heterocycles. The van der Waals surface area contributed by atoms with Gasteiger partial charge in [0.25, 0.3) is 0 Å². The topological polar surface area (TPSA) is 14.2 Å². The summed E-state index contributed by atoms with van der Waals surface area (Å²) < 4.78 is 9.63. The molecule has 0 saturated heterocycles. The number of aryl methyl sites for hydroxylation is 1. The third kappa shape index (κ3) is 3.12. The van der Waals surface area contributed by atoms with E-state index >= 15 is 0 Å². The molecule has 3 rings (SSSR count). The van der Waals surface area contributed by atoms with Gasteiger partial charge in [0, 0.05) is 30.2 Å². The average Bonchev–Trinajstić information content (AvgIpc) is 2.95. The van der Waals surface area contributed by atoms with Crippen molar-refractivity contribution in [2.45, 2.75) is 51.7 Å². The highest BCUT2D eigenvalue weighted by atomic mass is 79.9. The SMILES string of the molecule is C[Si](C)(C)CCOCn1c2c(c3c(Br)cccc31)CCC2. The number of halogens is 1. The molecule has 1 aromatic carbocycles. The van der Waals surface area contributed by atoms with Crippen LogP contribution >= 0.6 is 15.9 Å². The predicted octanol–water partition coefficient (Wildman–Crippen LogP) is 5.20.